The first-order valence-corrected chi connectivity index (χ1v) is 8.40. The number of carbonyl (C=O) groups is 2. The number of aryl methyl sites for hydroxylation is 1. The van der Waals surface area contributed by atoms with Crippen LogP contribution in [0.4, 0.5) is 0 Å². The third kappa shape index (κ3) is 4.79. The summed E-state index contributed by atoms with van der Waals surface area (Å²) in [5.74, 6) is -0.117. The van der Waals surface area contributed by atoms with E-state index in [1.54, 1.807) is 19.2 Å². The van der Waals surface area contributed by atoms with Gasteiger partial charge in [0.2, 0.25) is 5.91 Å². The molecule has 2 rings (SSSR count). The van der Waals surface area contributed by atoms with Gasteiger partial charge in [-0.15, -0.1) is 0 Å². The minimum Gasteiger partial charge on any atom is -0.384 e. The van der Waals surface area contributed by atoms with Gasteiger partial charge in [0.15, 0.2) is 0 Å². The van der Waals surface area contributed by atoms with Gasteiger partial charge in [-0.2, -0.15) is 0 Å². The van der Waals surface area contributed by atoms with E-state index < -0.39 is 5.41 Å². The van der Waals surface area contributed by atoms with Gasteiger partial charge in [0.05, 0.1) is 12.0 Å². The molecule has 0 radical (unpaired) electrons. The van der Waals surface area contributed by atoms with E-state index in [4.69, 9.17) is 4.74 Å². The molecule has 0 saturated carbocycles. The molecular formula is C18H27N3O3. The molecule has 3 N–H and O–H groups in total. The number of benzene rings is 1. The normalized spacial score (nSPS) is 16.4. The molecule has 0 aromatic heterocycles. The summed E-state index contributed by atoms with van der Waals surface area (Å²) in [6.07, 6.45) is 1.53. The van der Waals surface area contributed by atoms with Gasteiger partial charge in [0.25, 0.3) is 5.91 Å². The number of hydrogen-bond acceptors (Lipinski definition) is 4. The molecule has 0 bridgehead atoms. The van der Waals surface area contributed by atoms with Crippen LogP contribution >= 0.6 is 0 Å². The highest BCUT2D eigenvalue weighted by atomic mass is 16.5. The van der Waals surface area contributed by atoms with Gasteiger partial charge >= 0.3 is 0 Å². The lowest BCUT2D eigenvalue weighted by Gasteiger charge is -2.35. The predicted molar refractivity (Wildman–Crippen MR) is 92.9 cm³/mol. The maximum Gasteiger partial charge on any atom is 0.251 e. The molecule has 6 nitrogen and oxygen atoms in total. The highest BCUT2D eigenvalue weighted by Crippen LogP contribution is 2.29. The highest BCUT2D eigenvalue weighted by Gasteiger charge is 2.39. The van der Waals surface area contributed by atoms with Crippen molar-refractivity contribution < 1.29 is 14.3 Å². The summed E-state index contributed by atoms with van der Waals surface area (Å²) in [6.45, 7) is 4.86. The molecule has 24 heavy (non-hydrogen) atoms. The number of carbonyl (C=O) groups excluding carboxylic acids is 2. The summed E-state index contributed by atoms with van der Waals surface area (Å²) >= 11 is 0. The Morgan fingerprint density at radius 2 is 1.75 bits per heavy atom. The van der Waals surface area contributed by atoms with Crippen molar-refractivity contribution >= 4 is 11.8 Å². The Labute approximate surface area is 143 Å². The van der Waals surface area contributed by atoms with Crippen LogP contribution < -0.4 is 16.0 Å². The van der Waals surface area contributed by atoms with Crippen molar-refractivity contribution in [3.05, 3.63) is 35.4 Å². The van der Waals surface area contributed by atoms with Crippen LogP contribution in [0, 0.1) is 12.3 Å². The van der Waals surface area contributed by atoms with Gasteiger partial charge < -0.3 is 20.7 Å². The summed E-state index contributed by atoms with van der Waals surface area (Å²) < 4.78 is 5.26. The van der Waals surface area contributed by atoms with Gasteiger partial charge in [0.1, 0.15) is 0 Å². The van der Waals surface area contributed by atoms with Crippen molar-refractivity contribution in [1.82, 2.24) is 16.0 Å². The fraction of sp³-hybridized carbons (Fsp3) is 0.556. The van der Waals surface area contributed by atoms with E-state index in [0.29, 0.717) is 25.3 Å². The average molecular weight is 333 g/mol. The van der Waals surface area contributed by atoms with Crippen LogP contribution in [0.3, 0.4) is 0 Å². The standard InChI is InChI=1S/C18H27N3O3/c1-14-3-5-15(6-4-14)16(22)20-11-12-21-17(23)18(13-24-2)7-9-19-10-8-18/h3-6,19H,7-13H2,1-2H3,(H,20,22)(H,21,23). The maximum atomic E-state index is 12.5. The smallest absolute Gasteiger partial charge is 0.251 e. The third-order valence-corrected chi connectivity index (χ3v) is 4.47. The first-order chi connectivity index (χ1) is 11.6. The van der Waals surface area contributed by atoms with Gasteiger partial charge in [-0.25, -0.2) is 0 Å². The van der Waals surface area contributed by atoms with Crippen LogP contribution in [0.5, 0.6) is 0 Å². The molecular weight excluding hydrogens is 306 g/mol. The van der Waals surface area contributed by atoms with Gasteiger partial charge in [-0.05, 0) is 45.0 Å². The van der Waals surface area contributed by atoms with Gasteiger partial charge in [-0.3, -0.25) is 9.59 Å². The van der Waals surface area contributed by atoms with Crippen molar-refractivity contribution in [2.24, 2.45) is 5.41 Å². The van der Waals surface area contributed by atoms with E-state index in [2.05, 4.69) is 16.0 Å². The molecule has 1 aliphatic heterocycles. The van der Waals surface area contributed by atoms with Crippen LogP contribution in [0.2, 0.25) is 0 Å². The number of piperidine rings is 1. The summed E-state index contributed by atoms with van der Waals surface area (Å²) in [7, 11) is 1.62. The van der Waals surface area contributed by atoms with Gasteiger partial charge in [-0.1, -0.05) is 17.7 Å². The summed E-state index contributed by atoms with van der Waals surface area (Å²) in [4.78, 5) is 24.5. The summed E-state index contributed by atoms with van der Waals surface area (Å²) in [5, 5.41) is 9.02. The molecule has 0 unspecified atom stereocenters. The van der Waals surface area contributed by atoms with Crippen LogP contribution in [0.15, 0.2) is 24.3 Å². The monoisotopic (exact) mass is 333 g/mol. The van der Waals surface area contributed by atoms with E-state index in [0.717, 1.165) is 31.5 Å². The molecule has 1 saturated heterocycles. The number of rotatable bonds is 7. The van der Waals surface area contributed by atoms with E-state index >= 15 is 0 Å². The van der Waals surface area contributed by atoms with Crippen LogP contribution in [-0.4, -0.2) is 51.7 Å². The fourth-order valence-corrected chi connectivity index (χ4v) is 2.97. The van der Waals surface area contributed by atoms with Crippen LogP contribution in [0.1, 0.15) is 28.8 Å². The molecule has 1 aromatic rings. The van der Waals surface area contributed by atoms with E-state index in [-0.39, 0.29) is 11.8 Å². The van der Waals surface area contributed by atoms with Gasteiger partial charge in [0, 0.05) is 25.8 Å². The Hall–Kier alpha value is -1.92. The Morgan fingerprint density at radius 1 is 1.12 bits per heavy atom. The van der Waals surface area contributed by atoms with Crippen molar-refractivity contribution in [2.45, 2.75) is 19.8 Å². The first-order valence-electron chi connectivity index (χ1n) is 8.40. The van der Waals surface area contributed by atoms with Crippen molar-refractivity contribution in [1.29, 1.82) is 0 Å². The molecule has 0 atom stereocenters. The molecule has 0 aliphatic carbocycles. The molecule has 6 heteroatoms. The molecule has 0 spiro atoms. The Morgan fingerprint density at radius 3 is 2.38 bits per heavy atom. The minimum absolute atomic E-state index is 0.00966. The lowest BCUT2D eigenvalue weighted by molar-refractivity contribution is -0.136. The molecule has 1 aromatic carbocycles. The van der Waals surface area contributed by atoms with Crippen molar-refractivity contribution in [2.75, 3.05) is 39.9 Å². The van der Waals surface area contributed by atoms with E-state index in [9.17, 15) is 9.59 Å². The topological polar surface area (TPSA) is 79.5 Å². The van der Waals surface area contributed by atoms with Crippen molar-refractivity contribution in [3.63, 3.8) is 0 Å². The minimum atomic E-state index is -0.457. The lowest BCUT2D eigenvalue weighted by Crippen LogP contribution is -2.51. The zero-order valence-corrected chi connectivity index (χ0v) is 14.5. The highest BCUT2D eigenvalue weighted by molar-refractivity contribution is 5.94. The van der Waals surface area contributed by atoms with Crippen LogP contribution in [0.25, 0.3) is 0 Å². The number of ether oxygens (including phenoxy) is 1. The number of amides is 2. The predicted octanol–water partition coefficient (Wildman–Crippen LogP) is 0.857. The molecule has 2 amide bonds. The number of hydrogen-bond donors (Lipinski definition) is 3. The molecule has 1 fully saturated rings. The molecule has 1 heterocycles. The maximum absolute atomic E-state index is 12.5. The second kappa shape index (κ2) is 8.80. The lowest BCUT2D eigenvalue weighted by atomic mass is 9.78. The number of methoxy groups -OCH3 is 1. The first kappa shape index (κ1) is 18.4. The fourth-order valence-electron chi connectivity index (χ4n) is 2.97. The van der Waals surface area contributed by atoms with Crippen LogP contribution in [-0.2, 0) is 9.53 Å². The Balaban J connectivity index is 1.77. The van der Waals surface area contributed by atoms with Crippen molar-refractivity contribution in [3.8, 4) is 0 Å². The number of nitrogens with one attached hydrogen (secondary N) is 3. The third-order valence-electron chi connectivity index (χ3n) is 4.47. The zero-order valence-electron chi connectivity index (χ0n) is 14.5. The second-order valence-electron chi connectivity index (χ2n) is 6.34. The Kier molecular flexibility index (Phi) is 6.75. The molecule has 132 valence electrons. The summed E-state index contributed by atoms with van der Waals surface area (Å²) in [6, 6.07) is 7.41. The second-order valence-corrected chi connectivity index (χ2v) is 6.34. The SMILES string of the molecule is COCC1(C(=O)NCCNC(=O)c2ccc(C)cc2)CCNCC1. The summed E-state index contributed by atoms with van der Waals surface area (Å²) in [5.41, 5.74) is 1.28. The average Bonchev–Trinajstić information content (AvgIpc) is 2.60. The quantitative estimate of drug-likeness (QED) is 0.647. The zero-order chi connectivity index (χ0) is 17.4. The Bertz CT molecular complexity index is 546. The van der Waals surface area contributed by atoms with E-state index in [1.165, 1.54) is 0 Å². The largest absolute Gasteiger partial charge is 0.384 e. The molecule has 1 aliphatic rings. The van der Waals surface area contributed by atoms with E-state index in [1.807, 2.05) is 19.1 Å².